The predicted molar refractivity (Wildman–Crippen MR) is 124 cm³/mol. The van der Waals surface area contributed by atoms with E-state index < -0.39 is 21.8 Å². The van der Waals surface area contributed by atoms with E-state index >= 15 is 0 Å². The molecular formula is C25H20N2O5S. The van der Waals surface area contributed by atoms with Gasteiger partial charge in [0.15, 0.2) is 0 Å². The summed E-state index contributed by atoms with van der Waals surface area (Å²) in [5, 5.41) is 0. The zero-order valence-corrected chi connectivity index (χ0v) is 18.5. The van der Waals surface area contributed by atoms with Gasteiger partial charge in [-0.05, 0) is 29.8 Å². The van der Waals surface area contributed by atoms with E-state index in [4.69, 9.17) is 4.74 Å². The SMILES string of the molecule is COC(=O)/C=C1\C(=O)C(c2ccccc2)=C(NS(=O)(=O)c2ccccc2)N1c1ccccc1. The maximum Gasteiger partial charge on any atom is 0.332 e. The van der Waals surface area contributed by atoms with Gasteiger partial charge in [0.2, 0.25) is 5.78 Å². The highest BCUT2D eigenvalue weighted by atomic mass is 32.2. The summed E-state index contributed by atoms with van der Waals surface area (Å²) in [7, 11) is -2.85. The lowest BCUT2D eigenvalue weighted by Gasteiger charge is -2.24. The highest BCUT2D eigenvalue weighted by molar-refractivity contribution is 7.89. The summed E-state index contributed by atoms with van der Waals surface area (Å²) in [5.41, 5.74) is 1.09. The largest absolute Gasteiger partial charge is 0.466 e. The van der Waals surface area contributed by atoms with Crippen LogP contribution in [-0.4, -0.2) is 27.3 Å². The van der Waals surface area contributed by atoms with Crippen LogP contribution in [0.15, 0.2) is 113 Å². The first-order valence-corrected chi connectivity index (χ1v) is 11.5. The van der Waals surface area contributed by atoms with Crippen LogP contribution in [-0.2, 0) is 24.3 Å². The second kappa shape index (κ2) is 9.13. The number of sulfonamides is 1. The van der Waals surface area contributed by atoms with Crippen molar-refractivity contribution < 1.29 is 22.7 Å². The minimum absolute atomic E-state index is 0.0245. The van der Waals surface area contributed by atoms with E-state index in [2.05, 4.69) is 4.72 Å². The fourth-order valence-electron chi connectivity index (χ4n) is 3.47. The molecule has 7 nitrogen and oxygen atoms in total. The van der Waals surface area contributed by atoms with E-state index in [9.17, 15) is 18.0 Å². The van der Waals surface area contributed by atoms with Crippen molar-refractivity contribution >= 4 is 33.0 Å². The Bertz CT molecular complexity index is 1350. The third-order valence-electron chi connectivity index (χ3n) is 4.98. The van der Waals surface area contributed by atoms with Crippen molar-refractivity contribution in [2.75, 3.05) is 12.0 Å². The number of hydrogen-bond acceptors (Lipinski definition) is 6. The van der Waals surface area contributed by atoms with E-state index in [0.717, 1.165) is 6.08 Å². The number of nitrogens with zero attached hydrogens (tertiary/aromatic N) is 1. The Hall–Kier alpha value is -4.17. The van der Waals surface area contributed by atoms with Gasteiger partial charge in [-0.15, -0.1) is 0 Å². The molecule has 0 aromatic heterocycles. The third kappa shape index (κ3) is 4.42. The third-order valence-corrected chi connectivity index (χ3v) is 6.33. The first kappa shape index (κ1) is 22.0. The molecule has 0 saturated heterocycles. The van der Waals surface area contributed by atoms with Gasteiger partial charge in [-0.1, -0.05) is 66.7 Å². The molecule has 8 heteroatoms. The van der Waals surface area contributed by atoms with Crippen LogP contribution < -0.4 is 9.62 Å². The number of para-hydroxylation sites is 1. The van der Waals surface area contributed by atoms with Crippen molar-refractivity contribution in [3.8, 4) is 0 Å². The zero-order valence-electron chi connectivity index (χ0n) is 17.6. The standard InChI is InChI=1S/C25H20N2O5S/c1-32-22(28)17-21-24(29)23(18-11-5-2-6-12-18)25(27(21)19-13-7-3-8-14-19)26-33(30,31)20-15-9-4-10-16-20/h2-17,26H,1H3/b21-17+. The summed E-state index contributed by atoms with van der Waals surface area (Å²) < 4.78 is 33.8. The number of anilines is 1. The van der Waals surface area contributed by atoms with Crippen LogP contribution in [0.3, 0.4) is 0 Å². The fraction of sp³-hybridized carbons (Fsp3) is 0.0400. The smallest absolute Gasteiger partial charge is 0.332 e. The number of benzene rings is 3. The second-order valence-corrected chi connectivity index (χ2v) is 8.74. The summed E-state index contributed by atoms with van der Waals surface area (Å²) >= 11 is 0. The molecule has 0 saturated carbocycles. The molecule has 3 aromatic carbocycles. The molecule has 166 valence electrons. The van der Waals surface area contributed by atoms with E-state index in [1.54, 1.807) is 78.9 Å². The highest BCUT2D eigenvalue weighted by Crippen LogP contribution is 2.38. The van der Waals surface area contributed by atoms with E-state index in [-0.39, 0.29) is 22.0 Å². The van der Waals surface area contributed by atoms with Crippen LogP contribution in [0, 0.1) is 0 Å². The molecule has 0 unspecified atom stereocenters. The molecule has 0 aliphatic carbocycles. The molecule has 0 spiro atoms. The van der Waals surface area contributed by atoms with Gasteiger partial charge >= 0.3 is 5.97 Å². The second-order valence-electron chi connectivity index (χ2n) is 7.06. The number of ketones is 1. The quantitative estimate of drug-likeness (QED) is 0.447. The van der Waals surface area contributed by atoms with E-state index in [1.165, 1.54) is 24.1 Å². The molecular weight excluding hydrogens is 440 g/mol. The number of carbonyl (C=O) groups is 2. The normalized spacial score (nSPS) is 15.1. The minimum Gasteiger partial charge on any atom is -0.466 e. The van der Waals surface area contributed by atoms with Crippen LogP contribution in [0.1, 0.15) is 5.56 Å². The Kier molecular flexibility index (Phi) is 6.10. The highest BCUT2D eigenvalue weighted by Gasteiger charge is 2.39. The minimum atomic E-state index is -4.05. The van der Waals surface area contributed by atoms with Gasteiger partial charge in [0.1, 0.15) is 11.5 Å². The molecule has 33 heavy (non-hydrogen) atoms. The van der Waals surface area contributed by atoms with Gasteiger partial charge in [0, 0.05) is 5.69 Å². The van der Waals surface area contributed by atoms with Crippen molar-refractivity contribution in [3.63, 3.8) is 0 Å². The maximum absolute atomic E-state index is 13.6. The molecule has 0 amide bonds. The van der Waals surface area contributed by atoms with E-state index in [0.29, 0.717) is 11.3 Å². The van der Waals surface area contributed by atoms with Crippen molar-refractivity contribution in [1.29, 1.82) is 0 Å². The summed E-state index contributed by atoms with van der Waals surface area (Å²) in [6.07, 6.45) is 1.06. The Labute approximate surface area is 191 Å². The van der Waals surface area contributed by atoms with Gasteiger partial charge in [0.05, 0.1) is 23.7 Å². The van der Waals surface area contributed by atoms with Crippen molar-refractivity contribution in [3.05, 3.63) is 114 Å². The summed E-state index contributed by atoms with van der Waals surface area (Å²) in [6.45, 7) is 0. The molecule has 1 heterocycles. The van der Waals surface area contributed by atoms with Gasteiger partial charge in [0.25, 0.3) is 10.0 Å². The first-order valence-electron chi connectivity index (χ1n) is 9.99. The Morgan fingerprint density at radius 2 is 1.42 bits per heavy atom. The van der Waals surface area contributed by atoms with Gasteiger partial charge in [-0.3, -0.25) is 14.4 Å². The van der Waals surface area contributed by atoms with E-state index in [1.807, 2.05) is 0 Å². The Morgan fingerprint density at radius 1 is 0.879 bits per heavy atom. The van der Waals surface area contributed by atoms with Gasteiger partial charge in [-0.2, -0.15) is 0 Å². The average molecular weight is 461 g/mol. The zero-order chi connectivity index (χ0) is 23.4. The monoisotopic (exact) mass is 460 g/mol. The number of Topliss-reactive ketones (excluding diaryl/α,β-unsaturated/α-hetero) is 1. The predicted octanol–water partition coefficient (Wildman–Crippen LogP) is 3.48. The number of esters is 1. The Morgan fingerprint density at radius 3 is 2.00 bits per heavy atom. The van der Waals surface area contributed by atoms with Crippen LogP contribution in [0.25, 0.3) is 5.57 Å². The summed E-state index contributed by atoms with van der Waals surface area (Å²) in [6, 6.07) is 25.2. The average Bonchev–Trinajstić information content (AvgIpc) is 3.10. The Balaban J connectivity index is 1.96. The molecule has 0 radical (unpaired) electrons. The molecule has 4 rings (SSSR count). The molecule has 1 aliphatic rings. The number of nitrogens with one attached hydrogen (secondary N) is 1. The number of ether oxygens (including phenoxy) is 1. The topological polar surface area (TPSA) is 92.8 Å². The fourth-order valence-corrected chi connectivity index (χ4v) is 4.55. The van der Waals surface area contributed by atoms with Crippen LogP contribution in [0.4, 0.5) is 5.69 Å². The van der Waals surface area contributed by atoms with Crippen LogP contribution >= 0.6 is 0 Å². The number of allylic oxidation sites excluding steroid dienone is 1. The maximum atomic E-state index is 13.6. The molecule has 0 atom stereocenters. The van der Waals surface area contributed by atoms with Crippen LogP contribution in [0.5, 0.6) is 0 Å². The lowest BCUT2D eigenvalue weighted by Crippen LogP contribution is -2.33. The molecule has 3 aromatic rings. The number of carbonyl (C=O) groups excluding carboxylic acids is 2. The van der Waals surface area contributed by atoms with Crippen molar-refractivity contribution in [2.45, 2.75) is 4.90 Å². The van der Waals surface area contributed by atoms with Crippen LogP contribution in [0.2, 0.25) is 0 Å². The molecule has 1 aliphatic heterocycles. The van der Waals surface area contributed by atoms with Gasteiger partial charge < -0.3 is 4.74 Å². The number of rotatable bonds is 6. The lowest BCUT2D eigenvalue weighted by molar-refractivity contribution is -0.135. The molecule has 1 N–H and O–H groups in total. The molecule has 0 bridgehead atoms. The van der Waals surface area contributed by atoms with Crippen molar-refractivity contribution in [2.24, 2.45) is 0 Å². The summed E-state index contributed by atoms with van der Waals surface area (Å²) in [4.78, 5) is 27.1. The van der Waals surface area contributed by atoms with Crippen molar-refractivity contribution in [1.82, 2.24) is 4.72 Å². The number of hydrogen-bond donors (Lipinski definition) is 1. The molecule has 0 fully saturated rings. The van der Waals surface area contributed by atoms with Gasteiger partial charge in [-0.25, -0.2) is 13.2 Å². The summed E-state index contributed by atoms with van der Waals surface area (Å²) in [5.74, 6) is -1.23. The lowest BCUT2D eigenvalue weighted by atomic mass is 10.0. The first-order chi connectivity index (χ1) is 15.9. The number of methoxy groups -OCH3 is 1.